The van der Waals surface area contributed by atoms with Crippen LogP contribution in [0.1, 0.15) is 46.6 Å². The van der Waals surface area contributed by atoms with Crippen LogP contribution in [0.25, 0.3) is 17.8 Å². The Morgan fingerprint density at radius 1 is 1.12 bits per heavy atom. The van der Waals surface area contributed by atoms with Crippen LogP contribution in [0.3, 0.4) is 0 Å². The minimum Gasteiger partial charge on any atom is -0.476 e. The third-order valence-corrected chi connectivity index (χ3v) is 5.25. The molecule has 0 bridgehead atoms. The van der Waals surface area contributed by atoms with Crippen LogP contribution in [0.4, 0.5) is 5.69 Å². The number of hydrogen-bond acceptors (Lipinski definition) is 5. The fourth-order valence-electron chi connectivity index (χ4n) is 3.50. The molecule has 7 nitrogen and oxygen atoms in total. The average molecular weight is 428 g/mol. The molecule has 0 amide bonds. The van der Waals surface area contributed by atoms with E-state index in [1.54, 1.807) is 37.3 Å². The Kier molecular flexibility index (Phi) is 6.86. The van der Waals surface area contributed by atoms with Crippen molar-refractivity contribution < 1.29 is 9.90 Å². The highest BCUT2D eigenvalue weighted by molar-refractivity contribution is 5.92. The van der Waals surface area contributed by atoms with Crippen molar-refractivity contribution in [3.8, 4) is 11.8 Å². The predicted molar refractivity (Wildman–Crippen MR) is 125 cm³/mol. The third kappa shape index (κ3) is 4.44. The number of anilines is 1. The van der Waals surface area contributed by atoms with E-state index in [0.29, 0.717) is 5.69 Å². The molecular weight excluding hydrogens is 404 g/mol. The average Bonchev–Trinajstić information content (AvgIpc) is 2.79. The monoisotopic (exact) mass is 428 g/mol. The first kappa shape index (κ1) is 22.5. The normalized spacial score (nSPS) is 10.8. The highest BCUT2D eigenvalue weighted by Crippen LogP contribution is 2.19. The number of para-hydroxylation sites is 1. The summed E-state index contributed by atoms with van der Waals surface area (Å²) in [6, 6.07) is 16.6. The van der Waals surface area contributed by atoms with Crippen molar-refractivity contribution >= 4 is 23.8 Å². The van der Waals surface area contributed by atoms with E-state index in [0.717, 1.165) is 34.6 Å². The first-order chi connectivity index (χ1) is 15.4. The molecule has 0 spiro atoms. The lowest BCUT2D eigenvalue weighted by atomic mass is 10.1. The SMILES string of the molecule is CCN(CC)c1ccc(/C=C\c2c(C(=O)O)nn(-c3ccccc3C)c(=O)c2C#N)cc1. The molecule has 162 valence electrons. The first-order valence-electron chi connectivity index (χ1n) is 10.3. The predicted octanol–water partition coefficient (Wildman–Crippen LogP) is 4.13. The number of carboxylic acids is 1. The smallest absolute Gasteiger partial charge is 0.357 e. The minimum absolute atomic E-state index is 0.0114. The first-order valence-corrected chi connectivity index (χ1v) is 10.3. The number of benzene rings is 2. The summed E-state index contributed by atoms with van der Waals surface area (Å²) in [4.78, 5) is 27.1. The van der Waals surface area contributed by atoms with E-state index in [2.05, 4.69) is 23.8 Å². The number of nitriles is 1. The van der Waals surface area contributed by atoms with Crippen LogP contribution in [0.5, 0.6) is 0 Å². The summed E-state index contributed by atoms with van der Waals surface area (Å²) >= 11 is 0. The number of aromatic carboxylic acids is 1. The Morgan fingerprint density at radius 3 is 2.34 bits per heavy atom. The molecule has 7 heteroatoms. The molecular formula is C25H24N4O3. The van der Waals surface area contributed by atoms with Gasteiger partial charge in [0.05, 0.1) is 5.69 Å². The highest BCUT2D eigenvalue weighted by Gasteiger charge is 2.21. The molecule has 1 aromatic heterocycles. The standard InChI is InChI=1S/C25H24N4O3/c1-4-28(5-2)19-13-10-18(11-14-19)12-15-20-21(16-26)24(30)29(27-23(20)25(31)32)22-9-7-6-8-17(22)3/h6-15H,4-5H2,1-3H3,(H,31,32)/b15-12-. The summed E-state index contributed by atoms with van der Waals surface area (Å²) in [5.74, 6) is -1.32. The van der Waals surface area contributed by atoms with Crippen LogP contribution in [-0.2, 0) is 0 Å². The topological polar surface area (TPSA) is 99.2 Å². The lowest BCUT2D eigenvalue weighted by molar-refractivity contribution is 0.0688. The maximum absolute atomic E-state index is 13.0. The van der Waals surface area contributed by atoms with Crippen LogP contribution in [0.2, 0.25) is 0 Å². The van der Waals surface area contributed by atoms with Gasteiger partial charge in [-0.15, -0.1) is 0 Å². The van der Waals surface area contributed by atoms with E-state index >= 15 is 0 Å². The van der Waals surface area contributed by atoms with Crippen LogP contribution in [-0.4, -0.2) is 33.9 Å². The summed E-state index contributed by atoms with van der Waals surface area (Å²) in [6.07, 6.45) is 3.14. The molecule has 0 atom stereocenters. The zero-order valence-electron chi connectivity index (χ0n) is 18.2. The Hall–Kier alpha value is -4.18. The molecule has 0 saturated heterocycles. The fraction of sp³-hybridized carbons (Fsp3) is 0.200. The van der Waals surface area contributed by atoms with Gasteiger partial charge in [0, 0.05) is 24.3 Å². The molecule has 32 heavy (non-hydrogen) atoms. The number of aryl methyl sites for hydroxylation is 1. The quantitative estimate of drug-likeness (QED) is 0.608. The van der Waals surface area contributed by atoms with Gasteiger partial charge in [-0.3, -0.25) is 4.79 Å². The van der Waals surface area contributed by atoms with E-state index in [1.165, 1.54) is 6.08 Å². The van der Waals surface area contributed by atoms with Gasteiger partial charge in [-0.05, 0) is 50.1 Å². The lowest BCUT2D eigenvalue weighted by Gasteiger charge is -2.20. The zero-order valence-corrected chi connectivity index (χ0v) is 18.2. The van der Waals surface area contributed by atoms with Crippen molar-refractivity contribution in [1.29, 1.82) is 5.26 Å². The maximum Gasteiger partial charge on any atom is 0.357 e. The Labute approximate surface area is 186 Å². The molecule has 1 heterocycles. The number of carboxylic acid groups (broad SMARTS) is 1. The zero-order chi connectivity index (χ0) is 23.3. The van der Waals surface area contributed by atoms with E-state index < -0.39 is 11.5 Å². The number of rotatable bonds is 7. The lowest BCUT2D eigenvalue weighted by Crippen LogP contribution is -2.28. The van der Waals surface area contributed by atoms with E-state index in [-0.39, 0.29) is 16.8 Å². The van der Waals surface area contributed by atoms with E-state index in [9.17, 15) is 20.0 Å². The van der Waals surface area contributed by atoms with E-state index in [1.807, 2.05) is 30.3 Å². The number of carbonyl (C=O) groups is 1. The van der Waals surface area contributed by atoms with Crippen molar-refractivity contribution in [3.63, 3.8) is 0 Å². The highest BCUT2D eigenvalue weighted by atomic mass is 16.4. The van der Waals surface area contributed by atoms with Gasteiger partial charge in [0.25, 0.3) is 5.56 Å². The number of aromatic nitrogens is 2. The minimum atomic E-state index is -1.32. The van der Waals surface area contributed by atoms with Gasteiger partial charge in [-0.25, -0.2) is 4.79 Å². The molecule has 2 aromatic carbocycles. The summed E-state index contributed by atoms with van der Waals surface area (Å²) in [5, 5.41) is 23.5. The summed E-state index contributed by atoms with van der Waals surface area (Å²) < 4.78 is 0.980. The largest absolute Gasteiger partial charge is 0.476 e. The van der Waals surface area contributed by atoms with Crippen LogP contribution < -0.4 is 10.5 Å². The summed E-state index contributed by atoms with van der Waals surface area (Å²) in [7, 11) is 0. The van der Waals surface area contributed by atoms with E-state index in [4.69, 9.17) is 0 Å². The van der Waals surface area contributed by atoms with Gasteiger partial charge < -0.3 is 10.0 Å². The third-order valence-electron chi connectivity index (χ3n) is 5.25. The molecule has 0 aliphatic carbocycles. The van der Waals surface area contributed by atoms with Gasteiger partial charge in [-0.1, -0.05) is 42.5 Å². The summed E-state index contributed by atoms with van der Waals surface area (Å²) in [5.41, 5.74) is 1.75. The van der Waals surface area contributed by atoms with Gasteiger partial charge in [0.1, 0.15) is 11.6 Å². The number of nitrogens with zero attached hydrogens (tertiary/aromatic N) is 4. The van der Waals surface area contributed by atoms with Gasteiger partial charge in [0.15, 0.2) is 5.69 Å². The van der Waals surface area contributed by atoms with Crippen molar-refractivity contribution in [2.24, 2.45) is 0 Å². The van der Waals surface area contributed by atoms with Gasteiger partial charge >= 0.3 is 5.97 Å². The molecule has 0 fully saturated rings. The second-order valence-electron chi connectivity index (χ2n) is 7.15. The summed E-state index contributed by atoms with van der Waals surface area (Å²) in [6.45, 7) is 7.73. The Bertz CT molecular complexity index is 1260. The maximum atomic E-state index is 13.0. The van der Waals surface area contributed by atoms with Crippen molar-refractivity contribution in [1.82, 2.24) is 9.78 Å². The molecule has 1 N–H and O–H groups in total. The molecule has 3 aromatic rings. The number of hydrogen-bond donors (Lipinski definition) is 1. The van der Waals surface area contributed by atoms with Gasteiger partial charge in [-0.2, -0.15) is 15.0 Å². The Morgan fingerprint density at radius 2 is 1.78 bits per heavy atom. The van der Waals surface area contributed by atoms with Crippen molar-refractivity contribution in [3.05, 3.63) is 86.8 Å². The molecule has 0 radical (unpaired) electrons. The van der Waals surface area contributed by atoms with Gasteiger partial charge in [0.2, 0.25) is 0 Å². The molecule has 3 rings (SSSR count). The Balaban J connectivity index is 2.10. The van der Waals surface area contributed by atoms with Crippen molar-refractivity contribution in [2.75, 3.05) is 18.0 Å². The van der Waals surface area contributed by atoms with Crippen LogP contribution >= 0.6 is 0 Å². The molecule has 0 unspecified atom stereocenters. The second kappa shape index (κ2) is 9.75. The molecule has 0 saturated carbocycles. The van der Waals surface area contributed by atoms with Crippen LogP contribution in [0.15, 0.2) is 53.3 Å². The molecule has 0 aliphatic rings. The van der Waals surface area contributed by atoms with Crippen LogP contribution in [0, 0.1) is 18.3 Å². The fourth-order valence-corrected chi connectivity index (χ4v) is 3.50. The van der Waals surface area contributed by atoms with Crippen molar-refractivity contribution in [2.45, 2.75) is 20.8 Å². The molecule has 0 aliphatic heterocycles. The second-order valence-corrected chi connectivity index (χ2v) is 7.15.